The summed E-state index contributed by atoms with van der Waals surface area (Å²) in [7, 11) is 0. The molecule has 4 nitrogen and oxygen atoms in total. The van der Waals surface area contributed by atoms with Crippen molar-refractivity contribution in [1.29, 1.82) is 0 Å². The van der Waals surface area contributed by atoms with Crippen molar-refractivity contribution in [2.45, 2.75) is 13.5 Å². The second kappa shape index (κ2) is 9.45. The Labute approximate surface area is 132 Å². The van der Waals surface area contributed by atoms with Crippen molar-refractivity contribution in [2.75, 3.05) is 19.7 Å². The van der Waals surface area contributed by atoms with Crippen molar-refractivity contribution < 1.29 is 4.74 Å². The summed E-state index contributed by atoms with van der Waals surface area (Å²) >= 11 is 0. The minimum atomic E-state index is 0.597. The fourth-order valence-corrected chi connectivity index (χ4v) is 1.95. The van der Waals surface area contributed by atoms with Gasteiger partial charge >= 0.3 is 0 Å². The monoisotopic (exact) mass is 297 g/mol. The molecule has 2 N–H and O–H groups in total. The molecule has 0 atom stereocenters. The maximum atomic E-state index is 5.65. The molecule has 0 heterocycles. The van der Waals surface area contributed by atoms with E-state index in [-0.39, 0.29) is 0 Å². The van der Waals surface area contributed by atoms with E-state index in [1.54, 1.807) is 0 Å². The van der Waals surface area contributed by atoms with Crippen molar-refractivity contribution in [3.05, 3.63) is 66.2 Å². The highest BCUT2D eigenvalue weighted by Crippen LogP contribution is 2.07. The third-order valence-electron chi connectivity index (χ3n) is 3.01. The maximum absolute atomic E-state index is 5.65. The molecule has 0 bridgehead atoms. The van der Waals surface area contributed by atoms with E-state index in [1.165, 1.54) is 5.56 Å². The van der Waals surface area contributed by atoms with Gasteiger partial charge in [0.1, 0.15) is 12.4 Å². The lowest BCUT2D eigenvalue weighted by Crippen LogP contribution is -2.39. The van der Waals surface area contributed by atoms with Crippen LogP contribution in [0.1, 0.15) is 12.5 Å². The summed E-state index contributed by atoms with van der Waals surface area (Å²) in [5.41, 5.74) is 1.19. The Morgan fingerprint density at radius 2 is 1.64 bits per heavy atom. The summed E-state index contributed by atoms with van der Waals surface area (Å²) in [4.78, 5) is 4.57. The summed E-state index contributed by atoms with van der Waals surface area (Å²) in [6, 6.07) is 20.0. The Morgan fingerprint density at radius 3 is 2.32 bits per heavy atom. The number of nitrogens with one attached hydrogen (secondary N) is 2. The van der Waals surface area contributed by atoms with E-state index >= 15 is 0 Å². The summed E-state index contributed by atoms with van der Waals surface area (Å²) in [6.45, 7) is 4.85. The van der Waals surface area contributed by atoms with E-state index in [1.807, 2.05) is 48.5 Å². The second-order valence-corrected chi connectivity index (χ2v) is 4.77. The van der Waals surface area contributed by atoms with Crippen LogP contribution in [0.5, 0.6) is 5.75 Å². The third-order valence-corrected chi connectivity index (χ3v) is 3.01. The van der Waals surface area contributed by atoms with Crippen LogP contribution in [0, 0.1) is 0 Å². The molecule has 0 aliphatic carbocycles. The van der Waals surface area contributed by atoms with Crippen LogP contribution in [-0.2, 0) is 6.54 Å². The first-order valence-corrected chi connectivity index (χ1v) is 7.62. The number of hydrogen-bond acceptors (Lipinski definition) is 2. The maximum Gasteiger partial charge on any atom is 0.191 e. The molecule has 2 aromatic carbocycles. The van der Waals surface area contributed by atoms with Crippen LogP contribution in [0.15, 0.2) is 65.7 Å². The number of para-hydroxylation sites is 1. The fourth-order valence-electron chi connectivity index (χ4n) is 1.95. The lowest BCUT2D eigenvalue weighted by Gasteiger charge is -2.12. The zero-order valence-electron chi connectivity index (χ0n) is 13.0. The molecule has 0 unspecified atom stereocenters. The number of ether oxygens (including phenoxy) is 1. The minimum Gasteiger partial charge on any atom is -0.492 e. The molecule has 22 heavy (non-hydrogen) atoms. The molecule has 4 heteroatoms. The largest absolute Gasteiger partial charge is 0.492 e. The van der Waals surface area contributed by atoms with Gasteiger partial charge in [0, 0.05) is 6.54 Å². The SMILES string of the molecule is CCNC(=NCc1ccccc1)NCCOc1ccccc1. The molecular formula is C18H23N3O. The number of nitrogens with zero attached hydrogens (tertiary/aromatic N) is 1. The molecule has 0 saturated heterocycles. The number of benzene rings is 2. The molecule has 0 aliphatic rings. The Balaban J connectivity index is 1.76. The number of aliphatic imine (C=N–C) groups is 1. The normalized spacial score (nSPS) is 11.0. The molecule has 0 amide bonds. The highest BCUT2D eigenvalue weighted by Gasteiger charge is 1.98. The minimum absolute atomic E-state index is 0.597. The highest BCUT2D eigenvalue weighted by molar-refractivity contribution is 5.79. The molecule has 0 radical (unpaired) electrons. The topological polar surface area (TPSA) is 45.7 Å². The zero-order chi connectivity index (χ0) is 15.5. The summed E-state index contributed by atoms with van der Waals surface area (Å²) in [6.07, 6.45) is 0. The summed E-state index contributed by atoms with van der Waals surface area (Å²) < 4.78 is 5.65. The first-order chi connectivity index (χ1) is 10.9. The van der Waals surface area contributed by atoms with Gasteiger partial charge in [0.25, 0.3) is 0 Å². The van der Waals surface area contributed by atoms with Crippen LogP contribution in [0.4, 0.5) is 0 Å². The van der Waals surface area contributed by atoms with E-state index in [2.05, 4.69) is 34.7 Å². The molecule has 2 rings (SSSR count). The Hall–Kier alpha value is -2.49. The average Bonchev–Trinajstić information content (AvgIpc) is 2.58. The van der Waals surface area contributed by atoms with E-state index in [9.17, 15) is 0 Å². The van der Waals surface area contributed by atoms with Crippen LogP contribution in [0.2, 0.25) is 0 Å². The molecule has 0 spiro atoms. The zero-order valence-corrected chi connectivity index (χ0v) is 13.0. The van der Waals surface area contributed by atoms with Gasteiger partial charge in [-0.15, -0.1) is 0 Å². The lowest BCUT2D eigenvalue weighted by molar-refractivity contribution is 0.322. The van der Waals surface area contributed by atoms with Crippen LogP contribution < -0.4 is 15.4 Å². The van der Waals surface area contributed by atoms with Gasteiger partial charge < -0.3 is 15.4 Å². The van der Waals surface area contributed by atoms with Crippen molar-refractivity contribution in [2.24, 2.45) is 4.99 Å². The Kier molecular flexibility index (Phi) is 6.82. The quantitative estimate of drug-likeness (QED) is 0.469. The first kappa shape index (κ1) is 15.9. The Morgan fingerprint density at radius 1 is 0.955 bits per heavy atom. The highest BCUT2D eigenvalue weighted by atomic mass is 16.5. The molecule has 0 fully saturated rings. The van der Waals surface area contributed by atoms with Gasteiger partial charge in [-0.2, -0.15) is 0 Å². The first-order valence-electron chi connectivity index (χ1n) is 7.62. The van der Waals surface area contributed by atoms with Gasteiger partial charge in [-0.05, 0) is 24.6 Å². The van der Waals surface area contributed by atoms with E-state index in [0.717, 1.165) is 18.3 Å². The second-order valence-electron chi connectivity index (χ2n) is 4.77. The van der Waals surface area contributed by atoms with Crippen molar-refractivity contribution in [3.8, 4) is 5.75 Å². The third kappa shape index (κ3) is 5.87. The fraction of sp³-hybridized carbons (Fsp3) is 0.278. The van der Waals surface area contributed by atoms with Crippen LogP contribution >= 0.6 is 0 Å². The van der Waals surface area contributed by atoms with E-state index < -0.39 is 0 Å². The molecule has 0 saturated carbocycles. The van der Waals surface area contributed by atoms with Gasteiger partial charge in [-0.1, -0.05) is 48.5 Å². The van der Waals surface area contributed by atoms with Crippen molar-refractivity contribution in [1.82, 2.24) is 10.6 Å². The smallest absolute Gasteiger partial charge is 0.191 e. The summed E-state index contributed by atoms with van der Waals surface area (Å²) in [5, 5.41) is 6.51. The summed E-state index contributed by atoms with van der Waals surface area (Å²) in [5.74, 6) is 1.69. The van der Waals surface area contributed by atoms with Crippen molar-refractivity contribution >= 4 is 5.96 Å². The van der Waals surface area contributed by atoms with Crippen LogP contribution in [0.3, 0.4) is 0 Å². The predicted molar refractivity (Wildman–Crippen MR) is 91.2 cm³/mol. The molecule has 0 aliphatic heterocycles. The van der Waals surface area contributed by atoms with Crippen LogP contribution in [0.25, 0.3) is 0 Å². The lowest BCUT2D eigenvalue weighted by atomic mass is 10.2. The molecule has 116 valence electrons. The number of hydrogen-bond donors (Lipinski definition) is 2. The van der Waals surface area contributed by atoms with E-state index in [4.69, 9.17) is 4.74 Å². The van der Waals surface area contributed by atoms with E-state index in [0.29, 0.717) is 19.7 Å². The van der Waals surface area contributed by atoms with Gasteiger partial charge in [0.2, 0.25) is 0 Å². The van der Waals surface area contributed by atoms with Gasteiger partial charge in [-0.25, -0.2) is 4.99 Å². The predicted octanol–water partition coefficient (Wildman–Crippen LogP) is 2.82. The number of rotatable bonds is 7. The van der Waals surface area contributed by atoms with Gasteiger partial charge in [0.15, 0.2) is 5.96 Å². The van der Waals surface area contributed by atoms with Gasteiger partial charge in [0.05, 0.1) is 13.1 Å². The number of guanidine groups is 1. The molecular weight excluding hydrogens is 274 g/mol. The molecule has 0 aromatic heterocycles. The average molecular weight is 297 g/mol. The standard InChI is InChI=1S/C18H23N3O/c1-2-19-18(21-15-16-9-5-3-6-10-16)20-13-14-22-17-11-7-4-8-12-17/h3-12H,2,13-15H2,1H3,(H2,19,20,21). The van der Waals surface area contributed by atoms with Gasteiger partial charge in [-0.3, -0.25) is 0 Å². The van der Waals surface area contributed by atoms with Crippen LogP contribution in [-0.4, -0.2) is 25.7 Å². The Bertz CT molecular complexity index is 555. The molecule has 2 aromatic rings. The van der Waals surface area contributed by atoms with Crippen molar-refractivity contribution in [3.63, 3.8) is 0 Å².